The van der Waals surface area contributed by atoms with Crippen LogP contribution in [0.3, 0.4) is 0 Å². The molecule has 3 N–H and O–H groups in total. The van der Waals surface area contributed by atoms with E-state index in [0.29, 0.717) is 28.4 Å². The first-order chi connectivity index (χ1) is 8.60. The van der Waals surface area contributed by atoms with Crippen LogP contribution >= 0.6 is 11.8 Å². The summed E-state index contributed by atoms with van der Waals surface area (Å²) in [7, 11) is 0. The molecule has 1 heterocycles. The van der Waals surface area contributed by atoms with Crippen molar-refractivity contribution in [3.05, 3.63) is 18.2 Å². The minimum Gasteiger partial charge on any atom is -0.480 e. The molecule has 18 heavy (non-hydrogen) atoms. The van der Waals surface area contributed by atoms with E-state index >= 15 is 0 Å². The molecular formula is C12H14N2O3S. The maximum atomic E-state index is 11.1. The fourth-order valence-electron chi connectivity index (χ4n) is 1.59. The Bertz CT molecular complexity index is 567. The lowest BCUT2D eigenvalue weighted by Crippen LogP contribution is -2.15. The van der Waals surface area contributed by atoms with E-state index in [4.69, 9.17) is 15.3 Å². The van der Waals surface area contributed by atoms with Crippen molar-refractivity contribution in [2.75, 3.05) is 5.73 Å². The molecule has 2 rings (SSSR count). The van der Waals surface area contributed by atoms with Crippen LogP contribution in [0.5, 0.6) is 0 Å². The lowest BCUT2D eigenvalue weighted by atomic mass is 10.2. The second kappa shape index (κ2) is 5.30. The summed E-state index contributed by atoms with van der Waals surface area (Å²) in [6.45, 7) is 1.95. The Morgan fingerprint density at radius 3 is 3.06 bits per heavy atom. The Hall–Kier alpha value is -1.69. The van der Waals surface area contributed by atoms with Gasteiger partial charge in [-0.25, -0.2) is 4.98 Å². The third kappa shape index (κ3) is 2.76. The molecule has 0 aliphatic heterocycles. The van der Waals surface area contributed by atoms with Crippen molar-refractivity contribution in [1.29, 1.82) is 0 Å². The molecule has 1 aromatic heterocycles. The van der Waals surface area contributed by atoms with Crippen LogP contribution in [0.4, 0.5) is 5.69 Å². The molecule has 6 heteroatoms. The zero-order chi connectivity index (χ0) is 13.1. The van der Waals surface area contributed by atoms with Crippen molar-refractivity contribution in [2.24, 2.45) is 0 Å². The Morgan fingerprint density at radius 2 is 2.39 bits per heavy atom. The van der Waals surface area contributed by atoms with Crippen LogP contribution in [0.2, 0.25) is 0 Å². The molecule has 0 spiro atoms. The number of oxazole rings is 1. The number of nitrogens with zero attached hydrogens (tertiary/aromatic N) is 1. The summed E-state index contributed by atoms with van der Waals surface area (Å²) in [6, 6.07) is 5.17. The molecule has 1 unspecified atom stereocenters. The Labute approximate surface area is 108 Å². The molecule has 0 aliphatic rings. The van der Waals surface area contributed by atoms with Gasteiger partial charge in [-0.15, -0.1) is 0 Å². The highest BCUT2D eigenvalue weighted by atomic mass is 32.2. The first kappa shape index (κ1) is 12.8. The van der Waals surface area contributed by atoms with Gasteiger partial charge < -0.3 is 15.3 Å². The van der Waals surface area contributed by atoms with Gasteiger partial charge in [0.25, 0.3) is 5.22 Å². The Kier molecular flexibility index (Phi) is 3.76. The number of aromatic nitrogens is 1. The van der Waals surface area contributed by atoms with Gasteiger partial charge in [0.2, 0.25) is 0 Å². The molecule has 96 valence electrons. The number of fused-ring (bicyclic) bond motifs is 1. The van der Waals surface area contributed by atoms with Crippen LogP contribution < -0.4 is 5.73 Å². The maximum absolute atomic E-state index is 11.1. The lowest BCUT2D eigenvalue weighted by molar-refractivity contribution is -0.136. The fourth-order valence-corrected chi connectivity index (χ4v) is 2.58. The Morgan fingerprint density at radius 1 is 1.61 bits per heavy atom. The van der Waals surface area contributed by atoms with Crippen LogP contribution in [0.15, 0.2) is 27.8 Å². The number of nitrogens with two attached hydrogens (primary N) is 1. The zero-order valence-electron chi connectivity index (χ0n) is 9.92. The quantitative estimate of drug-likeness (QED) is 0.639. The average Bonchev–Trinajstić information content (AvgIpc) is 2.69. The third-order valence-electron chi connectivity index (χ3n) is 2.46. The molecule has 0 bridgehead atoms. The molecular weight excluding hydrogens is 252 g/mol. The number of aliphatic carboxylic acids is 1. The molecule has 0 amide bonds. The van der Waals surface area contributed by atoms with E-state index in [1.54, 1.807) is 18.2 Å². The van der Waals surface area contributed by atoms with E-state index in [-0.39, 0.29) is 0 Å². The lowest BCUT2D eigenvalue weighted by Gasteiger charge is -2.06. The van der Waals surface area contributed by atoms with Crippen LogP contribution in [0, 0.1) is 0 Å². The summed E-state index contributed by atoms with van der Waals surface area (Å²) in [5.74, 6) is -0.844. The van der Waals surface area contributed by atoms with Crippen molar-refractivity contribution in [1.82, 2.24) is 4.98 Å². The van der Waals surface area contributed by atoms with Gasteiger partial charge in [0.15, 0.2) is 5.58 Å². The van der Waals surface area contributed by atoms with E-state index in [0.717, 1.165) is 18.2 Å². The number of thioether (sulfide) groups is 1. The SMILES string of the molecule is CCCC(Sc1nc2cc(N)ccc2o1)C(=O)O. The number of carboxylic acids is 1. The standard InChI is InChI=1S/C12H14N2O3S/c1-2-3-10(11(15)16)18-12-14-8-6-7(13)4-5-9(8)17-12/h4-6,10H,2-3,13H2,1H3,(H,15,16). The highest BCUT2D eigenvalue weighted by molar-refractivity contribution is 8.00. The van der Waals surface area contributed by atoms with Crippen LogP contribution in [0.1, 0.15) is 19.8 Å². The van der Waals surface area contributed by atoms with E-state index in [2.05, 4.69) is 4.98 Å². The number of benzene rings is 1. The zero-order valence-corrected chi connectivity index (χ0v) is 10.7. The largest absolute Gasteiger partial charge is 0.480 e. The van der Waals surface area contributed by atoms with Gasteiger partial charge in [0.1, 0.15) is 10.8 Å². The van der Waals surface area contributed by atoms with Crippen molar-refractivity contribution in [2.45, 2.75) is 30.2 Å². The first-order valence-electron chi connectivity index (χ1n) is 5.65. The predicted octanol–water partition coefficient (Wildman–Crippen LogP) is 2.76. The van der Waals surface area contributed by atoms with E-state index in [9.17, 15) is 4.79 Å². The molecule has 1 aromatic carbocycles. The fraction of sp³-hybridized carbons (Fsp3) is 0.333. The smallest absolute Gasteiger partial charge is 0.317 e. The van der Waals surface area contributed by atoms with E-state index < -0.39 is 11.2 Å². The second-order valence-corrected chi connectivity index (χ2v) is 5.09. The number of nitrogen functional groups attached to an aromatic ring is 1. The third-order valence-corrected chi connectivity index (χ3v) is 3.56. The summed E-state index contributed by atoms with van der Waals surface area (Å²) in [6.07, 6.45) is 1.39. The normalized spacial score (nSPS) is 12.7. The van der Waals surface area contributed by atoms with Gasteiger partial charge in [0, 0.05) is 5.69 Å². The van der Waals surface area contributed by atoms with E-state index in [1.165, 1.54) is 0 Å². The summed E-state index contributed by atoms with van der Waals surface area (Å²) >= 11 is 1.13. The number of carboxylic acid groups (broad SMARTS) is 1. The monoisotopic (exact) mass is 266 g/mol. The average molecular weight is 266 g/mol. The minimum absolute atomic E-state index is 0.372. The van der Waals surface area contributed by atoms with Gasteiger partial charge in [-0.05, 0) is 24.6 Å². The van der Waals surface area contributed by atoms with Crippen molar-refractivity contribution in [3.8, 4) is 0 Å². The molecule has 0 fully saturated rings. The molecule has 1 atom stereocenters. The molecule has 5 nitrogen and oxygen atoms in total. The summed E-state index contributed by atoms with van der Waals surface area (Å²) in [5.41, 5.74) is 7.52. The predicted molar refractivity (Wildman–Crippen MR) is 70.6 cm³/mol. The molecule has 0 saturated heterocycles. The summed E-state index contributed by atoms with van der Waals surface area (Å²) < 4.78 is 5.48. The van der Waals surface area contributed by atoms with Crippen LogP contribution in [-0.4, -0.2) is 21.3 Å². The maximum Gasteiger partial charge on any atom is 0.317 e. The number of hydrogen-bond donors (Lipinski definition) is 2. The van der Waals surface area contributed by atoms with Gasteiger partial charge in [-0.1, -0.05) is 25.1 Å². The van der Waals surface area contributed by atoms with Crippen molar-refractivity contribution >= 4 is 34.5 Å². The van der Waals surface area contributed by atoms with Gasteiger partial charge in [-0.3, -0.25) is 4.79 Å². The number of hydrogen-bond acceptors (Lipinski definition) is 5. The number of carbonyl (C=O) groups is 1. The topological polar surface area (TPSA) is 89.4 Å². The Balaban J connectivity index is 2.22. The van der Waals surface area contributed by atoms with Crippen LogP contribution in [0.25, 0.3) is 11.1 Å². The van der Waals surface area contributed by atoms with Crippen molar-refractivity contribution < 1.29 is 14.3 Å². The summed E-state index contributed by atoms with van der Waals surface area (Å²) in [4.78, 5) is 15.3. The van der Waals surface area contributed by atoms with E-state index in [1.807, 2.05) is 6.92 Å². The highest BCUT2D eigenvalue weighted by Crippen LogP contribution is 2.29. The first-order valence-corrected chi connectivity index (χ1v) is 6.53. The highest BCUT2D eigenvalue weighted by Gasteiger charge is 2.21. The van der Waals surface area contributed by atoms with Gasteiger partial charge >= 0.3 is 5.97 Å². The van der Waals surface area contributed by atoms with Gasteiger partial charge in [-0.2, -0.15) is 0 Å². The summed E-state index contributed by atoms with van der Waals surface area (Å²) in [5, 5.41) is 8.92. The second-order valence-electron chi connectivity index (χ2n) is 3.94. The van der Waals surface area contributed by atoms with Crippen molar-refractivity contribution in [3.63, 3.8) is 0 Å². The number of anilines is 1. The van der Waals surface area contributed by atoms with Crippen LogP contribution in [-0.2, 0) is 4.79 Å². The van der Waals surface area contributed by atoms with Gasteiger partial charge in [0.05, 0.1) is 0 Å². The molecule has 0 radical (unpaired) electrons. The number of rotatable bonds is 5. The molecule has 0 aliphatic carbocycles. The molecule has 0 saturated carbocycles. The minimum atomic E-state index is -0.844. The molecule has 2 aromatic rings.